The number of rotatable bonds is 2. The van der Waals surface area contributed by atoms with Crippen molar-refractivity contribution in [2.45, 2.75) is 6.10 Å². The molecular weight excluding hydrogens is 230 g/mol. The first-order valence-electron chi connectivity index (χ1n) is 5.02. The van der Waals surface area contributed by atoms with Gasteiger partial charge in [-0.05, 0) is 12.1 Å². The average molecular weight is 242 g/mol. The quantitative estimate of drug-likeness (QED) is 0.857. The van der Waals surface area contributed by atoms with Gasteiger partial charge in [0, 0.05) is 0 Å². The van der Waals surface area contributed by atoms with Crippen molar-refractivity contribution in [3.63, 3.8) is 0 Å². The number of anilines is 1. The van der Waals surface area contributed by atoms with Gasteiger partial charge in [-0.1, -0.05) is 23.7 Å². The van der Waals surface area contributed by atoms with Gasteiger partial charge in [0.05, 0.1) is 30.5 Å². The van der Waals surface area contributed by atoms with E-state index in [-0.39, 0.29) is 12.5 Å². The van der Waals surface area contributed by atoms with E-state index in [1.807, 2.05) is 0 Å². The molecule has 1 N–H and O–H groups in total. The molecule has 1 unspecified atom stereocenters. The van der Waals surface area contributed by atoms with E-state index < -0.39 is 6.10 Å². The topological polar surface area (TPSA) is 47.6 Å². The molecule has 1 amide bonds. The number of amides is 1. The standard InChI is InChI=1S/C11H12ClNO3/c12-8-3-1-2-4-9(8)13-11(14)10-7-15-5-6-16-10/h1-4,10H,5-7H2,(H,13,14). The third kappa shape index (κ3) is 2.72. The lowest BCUT2D eigenvalue weighted by molar-refractivity contribution is -0.142. The van der Waals surface area contributed by atoms with Crippen LogP contribution in [0.4, 0.5) is 5.69 Å². The molecule has 1 fully saturated rings. The fourth-order valence-electron chi connectivity index (χ4n) is 1.41. The van der Waals surface area contributed by atoms with E-state index in [1.165, 1.54) is 0 Å². The van der Waals surface area contributed by atoms with Crippen molar-refractivity contribution in [2.75, 3.05) is 25.1 Å². The first-order chi connectivity index (χ1) is 7.77. The minimum atomic E-state index is -0.551. The highest BCUT2D eigenvalue weighted by Gasteiger charge is 2.22. The molecule has 1 heterocycles. The lowest BCUT2D eigenvalue weighted by Gasteiger charge is -2.22. The molecule has 0 spiro atoms. The van der Waals surface area contributed by atoms with E-state index in [4.69, 9.17) is 21.1 Å². The van der Waals surface area contributed by atoms with E-state index in [0.717, 1.165) is 0 Å². The van der Waals surface area contributed by atoms with Crippen molar-refractivity contribution in [3.8, 4) is 0 Å². The van der Waals surface area contributed by atoms with Gasteiger partial charge >= 0.3 is 0 Å². The summed E-state index contributed by atoms with van der Waals surface area (Å²) in [4.78, 5) is 11.7. The molecule has 86 valence electrons. The van der Waals surface area contributed by atoms with E-state index >= 15 is 0 Å². The summed E-state index contributed by atoms with van der Waals surface area (Å²) in [6.45, 7) is 1.27. The molecule has 0 aliphatic carbocycles. The van der Waals surface area contributed by atoms with Crippen LogP contribution in [0.5, 0.6) is 0 Å². The molecule has 1 aliphatic rings. The van der Waals surface area contributed by atoms with E-state index in [1.54, 1.807) is 24.3 Å². The summed E-state index contributed by atoms with van der Waals surface area (Å²) >= 11 is 5.92. The first kappa shape index (κ1) is 11.4. The van der Waals surface area contributed by atoms with E-state index in [2.05, 4.69) is 5.32 Å². The van der Waals surface area contributed by atoms with Crippen molar-refractivity contribution < 1.29 is 14.3 Å². The number of hydrogen-bond acceptors (Lipinski definition) is 3. The van der Waals surface area contributed by atoms with Crippen LogP contribution >= 0.6 is 11.6 Å². The second-order valence-electron chi connectivity index (χ2n) is 3.40. The predicted octanol–water partition coefficient (Wildman–Crippen LogP) is 1.69. The lowest BCUT2D eigenvalue weighted by Crippen LogP contribution is -2.39. The number of hydrogen-bond donors (Lipinski definition) is 1. The molecule has 1 aromatic carbocycles. The van der Waals surface area contributed by atoms with Gasteiger partial charge in [-0.2, -0.15) is 0 Å². The summed E-state index contributed by atoms with van der Waals surface area (Å²) < 4.78 is 10.4. The van der Waals surface area contributed by atoms with Gasteiger partial charge in [0.15, 0.2) is 6.10 Å². The largest absolute Gasteiger partial charge is 0.376 e. The van der Waals surface area contributed by atoms with Crippen LogP contribution < -0.4 is 5.32 Å². The summed E-state index contributed by atoms with van der Waals surface area (Å²) in [6.07, 6.45) is -0.551. The van der Waals surface area contributed by atoms with Crippen molar-refractivity contribution in [2.24, 2.45) is 0 Å². The fourth-order valence-corrected chi connectivity index (χ4v) is 1.60. The molecule has 0 saturated carbocycles. The molecule has 4 nitrogen and oxygen atoms in total. The fraction of sp³-hybridized carbons (Fsp3) is 0.364. The first-order valence-corrected chi connectivity index (χ1v) is 5.40. The molecule has 5 heteroatoms. The Balaban J connectivity index is 1.99. The van der Waals surface area contributed by atoms with Gasteiger partial charge in [0.2, 0.25) is 0 Å². The van der Waals surface area contributed by atoms with Crippen LogP contribution in [-0.2, 0) is 14.3 Å². The highest BCUT2D eigenvalue weighted by atomic mass is 35.5. The third-order valence-corrected chi connectivity index (χ3v) is 2.57. The van der Waals surface area contributed by atoms with E-state index in [9.17, 15) is 4.79 Å². The van der Waals surface area contributed by atoms with E-state index in [0.29, 0.717) is 23.9 Å². The van der Waals surface area contributed by atoms with Crippen LogP contribution in [0, 0.1) is 0 Å². The van der Waals surface area contributed by atoms with Crippen LogP contribution in [0.1, 0.15) is 0 Å². The van der Waals surface area contributed by atoms with Crippen molar-refractivity contribution in [3.05, 3.63) is 29.3 Å². The van der Waals surface area contributed by atoms with Gasteiger partial charge in [0.1, 0.15) is 0 Å². The van der Waals surface area contributed by atoms with Gasteiger partial charge in [-0.3, -0.25) is 4.79 Å². The maximum absolute atomic E-state index is 11.7. The number of ether oxygens (including phenoxy) is 2. The molecule has 1 aromatic rings. The van der Waals surface area contributed by atoms with Crippen molar-refractivity contribution >= 4 is 23.2 Å². The molecule has 1 aliphatic heterocycles. The summed E-state index contributed by atoms with van der Waals surface area (Å²) in [6, 6.07) is 7.07. The summed E-state index contributed by atoms with van der Waals surface area (Å²) in [5.41, 5.74) is 0.586. The van der Waals surface area contributed by atoms with Crippen LogP contribution in [0.15, 0.2) is 24.3 Å². The van der Waals surface area contributed by atoms with Gasteiger partial charge in [0.25, 0.3) is 5.91 Å². The molecule has 0 radical (unpaired) electrons. The van der Waals surface area contributed by atoms with Gasteiger partial charge < -0.3 is 14.8 Å². The predicted molar refractivity (Wildman–Crippen MR) is 60.6 cm³/mol. The Morgan fingerprint density at radius 2 is 2.19 bits per heavy atom. The Hall–Kier alpha value is -1.10. The highest BCUT2D eigenvalue weighted by Crippen LogP contribution is 2.20. The summed E-state index contributed by atoms with van der Waals surface area (Å²) in [5, 5.41) is 3.21. The summed E-state index contributed by atoms with van der Waals surface area (Å²) in [7, 11) is 0. The second kappa shape index (κ2) is 5.30. The van der Waals surface area contributed by atoms with Crippen LogP contribution in [0.2, 0.25) is 5.02 Å². The smallest absolute Gasteiger partial charge is 0.255 e. The SMILES string of the molecule is O=C(Nc1ccccc1Cl)C1COCCO1. The molecule has 1 saturated heterocycles. The monoisotopic (exact) mass is 241 g/mol. The Morgan fingerprint density at radius 1 is 1.38 bits per heavy atom. The van der Waals surface area contributed by atoms with Crippen molar-refractivity contribution in [1.82, 2.24) is 0 Å². The van der Waals surface area contributed by atoms with Gasteiger partial charge in [-0.15, -0.1) is 0 Å². The number of benzene rings is 1. The molecule has 2 rings (SSSR count). The molecule has 0 aromatic heterocycles. The Kier molecular flexibility index (Phi) is 3.77. The number of carbonyl (C=O) groups is 1. The molecule has 0 bridgehead atoms. The average Bonchev–Trinajstić information content (AvgIpc) is 2.33. The van der Waals surface area contributed by atoms with Gasteiger partial charge in [-0.25, -0.2) is 0 Å². The Morgan fingerprint density at radius 3 is 2.88 bits per heavy atom. The summed E-state index contributed by atoms with van der Waals surface area (Å²) in [5.74, 6) is -0.229. The Bertz CT molecular complexity index is 377. The maximum Gasteiger partial charge on any atom is 0.255 e. The maximum atomic E-state index is 11.7. The van der Waals surface area contributed by atoms with Crippen molar-refractivity contribution in [1.29, 1.82) is 0 Å². The Labute approximate surface area is 98.5 Å². The molecule has 16 heavy (non-hydrogen) atoms. The lowest BCUT2D eigenvalue weighted by atomic mass is 10.3. The minimum Gasteiger partial charge on any atom is -0.376 e. The molecular formula is C11H12ClNO3. The highest BCUT2D eigenvalue weighted by molar-refractivity contribution is 6.33. The number of para-hydroxylation sites is 1. The normalized spacial score (nSPS) is 20.4. The zero-order chi connectivity index (χ0) is 11.4. The minimum absolute atomic E-state index is 0.229. The van der Waals surface area contributed by atoms with Crippen LogP contribution in [0.3, 0.4) is 0 Å². The molecule has 1 atom stereocenters. The number of carbonyl (C=O) groups excluding carboxylic acids is 1. The van der Waals surface area contributed by atoms with Crippen LogP contribution in [0.25, 0.3) is 0 Å². The van der Waals surface area contributed by atoms with Crippen LogP contribution in [-0.4, -0.2) is 31.8 Å². The number of halogens is 1. The number of nitrogens with one attached hydrogen (secondary N) is 1. The zero-order valence-electron chi connectivity index (χ0n) is 8.61. The second-order valence-corrected chi connectivity index (χ2v) is 3.81. The third-order valence-electron chi connectivity index (χ3n) is 2.24. The zero-order valence-corrected chi connectivity index (χ0v) is 9.37.